The van der Waals surface area contributed by atoms with Crippen LogP contribution in [0.4, 0.5) is 0 Å². The van der Waals surface area contributed by atoms with Crippen molar-refractivity contribution in [2.45, 2.75) is 39.7 Å². The Kier molecular flexibility index (Phi) is 5.86. The number of hydrogen-bond donors (Lipinski definition) is 1. The monoisotopic (exact) mass is 153 g/mol. The fraction of sp³-hybridized carbons (Fsp3) is 0.600. The fourth-order valence-corrected chi connectivity index (χ4v) is 0.923. The van der Waals surface area contributed by atoms with E-state index in [-0.39, 0.29) is 6.04 Å². The molecule has 0 radical (unpaired) electrons. The van der Waals surface area contributed by atoms with Crippen LogP contribution in [-0.2, 0) is 0 Å². The summed E-state index contributed by atoms with van der Waals surface area (Å²) in [4.78, 5) is 0. The Morgan fingerprint density at radius 2 is 2.18 bits per heavy atom. The lowest BCUT2D eigenvalue weighted by molar-refractivity contribution is 0.740. The average Bonchev–Trinajstić information content (AvgIpc) is 1.97. The highest BCUT2D eigenvalue weighted by molar-refractivity contribution is 5.18. The van der Waals surface area contributed by atoms with Gasteiger partial charge in [-0.2, -0.15) is 0 Å². The number of rotatable bonds is 4. The van der Waals surface area contributed by atoms with Crippen molar-refractivity contribution in [3.05, 3.63) is 23.8 Å². The van der Waals surface area contributed by atoms with Gasteiger partial charge in [-0.1, -0.05) is 30.7 Å². The quantitative estimate of drug-likeness (QED) is 0.617. The van der Waals surface area contributed by atoms with Gasteiger partial charge in [0.2, 0.25) is 0 Å². The van der Waals surface area contributed by atoms with Crippen molar-refractivity contribution in [3.8, 4) is 0 Å². The van der Waals surface area contributed by atoms with Crippen LogP contribution < -0.4 is 5.73 Å². The second-order valence-corrected chi connectivity index (χ2v) is 2.86. The third kappa shape index (κ3) is 5.86. The van der Waals surface area contributed by atoms with E-state index in [1.54, 1.807) is 0 Å². The summed E-state index contributed by atoms with van der Waals surface area (Å²) in [6.07, 6.45) is 8.51. The Morgan fingerprint density at radius 1 is 1.55 bits per heavy atom. The van der Waals surface area contributed by atoms with Crippen LogP contribution in [0.15, 0.2) is 23.8 Å². The summed E-state index contributed by atoms with van der Waals surface area (Å²) in [5.41, 5.74) is 7.00. The van der Waals surface area contributed by atoms with E-state index in [2.05, 4.69) is 32.1 Å². The van der Waals surface area contributed by atoms with Gasteiger partial charge in [0.1, 0.15) is 0 Å². The zero-order chi connectivity index (χ0) is 8.69. The molecule has 0 bridgehead atoms. The van der Waals surface area contributed by atoms with Crippen LogP contribution in [0.5, 0.6) is 0 Å². The molecule has 0 aromatic heterocycles. The highest BCUT2D eigenvalue weighted by Gasteiger charge is 1.95. The summed E-state index contributed by atoms with van der Waals surface area (Å²) >= 11 is 0. The van der Waals surface area contributed by atoms with E-state index >= 15 is 0 Å². The molecule has 11 heavy (non-hydrogen) atoms. The topological polar surface area (TPSA) is 26.0 Å². The summed E-state index contributed by atoms with van der Waals surface area (Å²) in [7, 11) is 0. The van der Waals surface area contributed by atoms with E-state index in [0.29, 0.717) is 0 Å². The van der Waals surface area contributed by atoms with Crippen molar-refractivity contribution in [1.29, 1.82) is 0 Å². The Labute approximate surface area is 70.0 Å². The van der Waals surface area contributed by atoms with Crippen molar-refractivity contribution in [1.82, 2.24) is 0 Å². The maximum absolute atomic E-state index is 5.67. The number of allylic oxidation sites excluding steroid dienone is 3. The van der Waals surface area contributed by atoms with E-state index in [4.69, 9.17) is 5.73 Å². The summed E-state index contributed by atoms with van der Waals surface area (Å²) < 4.78 is 0. The lowest BCUT2D eigenvalue weighted by atomic mass is 10.1. The number of nitrogens with two attached hydrogens (primary N) is 1. The zero-order valence-electron chi connectivity index (χ0n) is 7.80. The van der Waals surface area contributed by atoms with E-state index in [9.17, 15) is 0 Å². The van der Waals surface area contributed by atoms with Gasteiger partial charge < -0.3 is 5.73 Å². The highest BCUT2D eigenvalue weighted by Crippen LogP contribution is 2.05. The number of hydrogen-bond acceptors (Lipinski definition) is 1. The summed E-state index contributed by atoms with van der Waals surface area (Å²) in [5.74, 6) is 0. The fourth-order valence-electron chi connectivity index (χ4n) is 0.923. The molecule has 1 nitrogen and oxygen atoms in total. The molecule has 1 heteroatoms. The van der Waals surface area contributed by atoms with E-state index < -0.39 is 0 Å². The molecule has 0 saturated heterocycles. The Hall–Kier alpha value is -0.560. The van der Waals surface area contributed by atoms with Crippen LogP contribution in [0.2, 0.25) is 0 Å². The zero-order valence-corrected chi connectivity index (χ0v) is 7.80. The van der Waals surface area contributed by atoms with Crippen LogP contribution in [0.3, 0.4) is 0 Å². The van der Waals surface area contributed by atoms with E-state index in [1.807, 2.05) is 6.92 Å². The minimum absolute atomic E-state index is 0.266. The molecule has 0 aromatic rings. The van der Waals surface area contributed by atoms with E-state index in [0.717, 1.165) is 12.8 Å². The Bertz CT molecular complexity index is 143. The molecular weight excluding hydrogens is 134 g/mol. The van der Waals surface area contributed by atoms with Crippen molar-refractivity contribution < 1.29 is 0 Å². The van der Waals surface area contributed by atoms with Crippen molar-refractivity contribution in [2.75, 3.05) is 0 Å². The predicted molar refractivity (Wildman–Crippen MR) is 51.5 cm³/mol. The van der Waals surface area contributed by atoms with Crippen LogP contribution in [0.25, 0.3) is 0 Å². The first-order chi connectivity index (χ1) is 5.20. The minimum Gasteiger partial charge on any atom is -0.328 e. The predicted octanol–water partition coefficient (Wildman–Crippen LogP) is 2.64. The molecule has 2 N–H and O–H groups in total. The highest BCUT2D eigenvalue weighted by atomic mass is 14.6. The summed E-state index contributed by atoms with van der Waals surface area (Å²) in [5, 5.41) is 0. The van der Waals surface area contributed by atoms with Gasteiger partial charge in [-0.05, 0) is 26.7 Å². The molecular formula is C10H19N. The lowest BCUT2D eigenvalue weighted by Crippen LogP contribution is -2.14. The van der Waals surface area contributed by atoms with Gasteiger partial charge in [-0.3, -0.25) is 0 Å². The van der Waals surface area contributed by atoms with Crippen molar-refractivity contribution in [3.63, 3.8) is 0 Å². The molecule has 1 unspecified atom stereocenters. The van der Waals surface area contributed by atoms with Gasteiger partial charge in [-0.25, -0.2) is 0 Å². The first kappa shape index (κ1) is 10.4. The van der Waals surface area contributed by atoms with Crippen LogP contribution >= 0.6 is 0 Å². The molecule has 0 aliphatic heterocycles. The molecule has 0 aliphatic rings. The van der Waals surface area contributed by atoms with Gasteiger partial charge in [-0.15, -0.1) is 0 Å². The molecule has 0 fully saturated rings. The molecule has 0 heterocycles. The molecule has 0 spiro atoms. The second-order valence-electron chi connectivity index (χ2n) is 2.86. The molecule has 0 rings (SSSR count). The molecule has 0 saturated carbocycles. The van der Waals surface area contributed by atoms with Gasteiger partial charge in [0.05, 0.1) is 0 Å². The maximum atomic E-state index is 5.67. The normalized spacial score (nSPS) is 15.8. The average molecular weight is 153 g/mol. The first-order valence-corrected chi connectivity index (χ1v) is 4.28. The second kappa shape index (κ2) is 6.17. The molecule has 1 atom stereocenters. The first-order valence-electron chi connectivity index (χ1n) is 4.28. The molecule has 0 aliphatic carbocycles. The Balaban J connectivity index is 3.88. The standard InChI is InChI=1S/C10H19N/c1-4-6-7-10(5-2)8-9(3)11/h5-7,9H,4,8,11H2,1-3H3/b7-6-,10-5+. The van der Waals surface area contributed by atoms with Crippen LogP contribution in [0.1, 0.15) is 33.6 Å². The SMILES string of the molecule is C/C=C(\C=C/CC)CC(C)N. The lowest BCUT2D eigenvalue weighted by Gasteiger charge is -2.04. The summed E-state index contributed by atoms with van der Waals surface area (Å²) in [6.45, 7) is 6.22. The third-order valence-corrected chi connectivity index (χ3v) is 1.50. The third-order valence-electron chi connectivity index (χ3n) is 1.50. The molecule has 64 valence electrons. The van der Waals surface area contributed by atoms with Crippen molar-refractivity contribution >= 4 is 0 Å². The van der Waals surface area contributed by atoms with Gasteiger partial charge in [0.25, 0.3) is 0 Å². The molecule has 0 amide bonds. The van der Waals surface area contributed by atoms with E-state index in [1.165, 1.54) is 5.57 Å². The van der Waals surface area contributed by atoms with Gasteiger partial charge in [0, 0.05) is 6.04 Å². The smallest absolute Gasteiger partial charge is 0.00507 e. The Morgan fingerprint density at radius 3 is 2.55 bits per heavy atom. The largest absolute Gasteiger partial charge is 0.328 e. The maximum Gasteiger partial charge on any atom is 0.00507 e. The minimum atomic E-state index is 0.266. The van der Waals surface area contributed by atoms with Crippen LogP contribution in [0, 0.1) is 0 Å². The van der Waals surface area contributed by atoms with Crippen molar-refractivity contribution in [2.24, 2.45) is 5.73 Å². The molecule has 0 aromatic carbocycles. The van der Waals surface area contributed by atoms with Crippen LogP contribution in [-0.4, -0.2) is 6.04 Å². The van der Waals surface area contributed by atoms with Gasteiger partial charge in [0.15, 0.2) is 0 Å². The summed E-state index contributed by atoms with van der Waals surface area (Å²) in [6, 6.07) is 0.266. The van der Waals surface area contributed by atoms with Gasteiger partial charge >= 0.3 is 0 Å².